The van der Waals surface area contributed by atoms with Gasteiger partial charge in [0.05, 0.1) is 5.56 Å². The van der Waals surface area contributed by atoms with Crippen molar-refractivity contribution in [1.82, 2.24) is 5.32 Å². The molecule has 0 heterocycles. The van der Waals surface area contributed by atoms with Gasteiger partial charge >= 0.3 is 0 Å². The van der Waals surface area contributed by atoms with Crippen LogP contribution < -0.4 is 5.32 Å². The van der Waals surface area contributed by atoms with E-state index < -0.39 is 5.54 Å². The predicted molar refractivity (Wildman–Crippen MR) is 88.1 cm³/mol. The SMILES string of the molecule is CC(=O)c1ccccc1C(=O)NC(C)(C)Cc1ccccc1. The number of hydrogen-bond donors (Lipinski definition) is 1. The second-order valence-electron chi connectivity index (χ2n) is 6.10. The molecule has 0 aliphatic heterocycles. The van der Waals surface area contributed by atoms with E-state index in [-0.39, 0.29) is 11.7 Å². The Bertz CT molecular complexity index is 675. The van der Waals surface area contributed by atoms with E-state index >= 15 is 0 Å². The molecule has 3 nitrogen and oxygen atoms in total. The first kappa shape index (κ1) is 16.0. The fraction of sp³-hybridized carbons (Fsp3) is 0.263. The van der Waals surface area contributed by atoms with E-state index in [4.69, 9.17) is 0 Å². The second-order valence-corrected chi connectivity index (χ2v) is 6.10. The molecule has 0 unspecified atom stereocenters. The van der Waals surface area contributed by atoms with Crippen LogP contribution in [0.25, 0.3) is 0 Å². The fourth-order valence-corrected chi connectivity index (χ4v) is 2.51. The van der Waals surface area contributed by atoms with Crippen LogP contribution in [0.1, 0.15) is 47.1 Å². The highest BCUT2D eigenvalue weighted by Crippen LogP contribution is 2.15. The number of carbonyl (C=O) groups is 2. The molecule has 3 heteroatoms. The van der Waals surface area contributed by atoms with E-state index in [2.05, 4.69) is 5.32 Å². The normalized spacial score (nSPS) is 11.0. The van der Waals surface area contributed by atoms with Gasteiger partial charge in [-0.15, -0.1) is 0 Å². The van der Waals surface area contributed by atoms with E-state index in [0.29, 0.717) is 11.1 Å². The first-order valence-corrected chi connectivity index (χ1v) is 7.35. The number of amides is 1. The molecular weight excluding hydrogens is 274 g/mol. The lowest BCUT2D eigenvalue weighted by molar-refractivity contribution is 0.0902. The third-order valence-electron chi connectivity index (χ3n) is 3.49. The summed E-state index contributed by atoms with van der Waals surface area (Å²) in [6.07, 6.45) is 0.724. The van der Waals surface area contributed by atoms with Crippen molar-refractivity contribution in [3.05, 3.63) is 71.3 Å². The molecule has 0 fully saturated rings. The smallest absolute Gasteiger partial charge is 0.252 e. The summed E-state index contributed by atoms with van der Waals surface area (Å²) in [5.41, 5.74) is 1.64. The number of nitrogens with one attached hydrogen (secondary N) is 1. The van der Waals surface area contributed by atoms with Crippen LogP contribution in [0.3, 0.4) is 0 Å². The van der Waals surface area contributed by atoms with Crippen LogP contribution in [0.5, 0.6) is 0 Å². The summed E-state index contributed by atoms with van der Waals surface area (Å²) in [6, 6.07) is 16.9. The summed E-state index contributed by atoms with van der Waals surface area (Å²) in [5, 5.41) is 3.03. The zero-order chi connectivity index (χ0) is 16.2. The van der Waals surface area contributed by atoms with Gasteiger partial charge in [-0.1, -0.05) is 48.5 Å². The summed E-state index contributed by atoms with van der Waals surface area (Å²) in [6.45, 7) is 5.43. The first-order chi connectivity index (χ1) is 10.4. The van der Waals surface area contributed by atoms with Crippen LogP contribution in [0.15, 0.2) is 54.6 Å². The highest BCUT2D eigenvalue weighted by Gasteiger charge is 2.23. The largest absolute Gasteiger partial charge is 0.347 e. The van der Waals surface area contributed by atoms with Crippen molar-refractivity contribution in [3.63, 3.8) is 0 Å². The Labute approximate surface area is 131 Å². The Morgan fingerprint density at radius 3 is 2.05 bits per heavy atom. The Hall–Kier alpha value is -2.42. The second kappa shape index (κ2) is 6.56. The summed E-state index contributed by atoms with van der Waals surface area (Å²) in [4.78, 5) is 24.2. The van der Waals surface area contributed by atoms with E-state index in [1.165, 1.54) is 6.92 Å². The minimum absolute atomic E-state index is 0.105. The molecule has 0 saturated carbocycles. The Morgan fingerprint density at radius 2 is 1.45 bits per heavy atom. The molecular formula is C19H21NO2. The van der Waals surface area contributed by atoms with Crippen molar-refractivity contribution in [1.29, 1.82) is 0 Å². The standard InChI is InChI=1S/C19H21NO2/c1-14(21)16-11-7-8-12-17(16)18(22)20-19(2,3)13-15-9-5-4-6-10-15/h4-12H,13H2,1-3H3,(H,20,22). The Kier molecular flexibility index (Phi) is 4.76. The number of hydrogen-bond acceptors (Lipinski definition) is 2. The van der Waals surface area contributed by atoms with Crippen molar-refractivity contribution in [2.24, 2.45) is 0 Å². The monoisotopic (exact) mass is 295 g/mol. The first-order valence-electron chi connectivity index (χ1n) is 7.35. The minimum Gasteiger partial charge on any atom is -0.347 e. The van der Waals surface area contributed by atoms with E-state index in [9.17, 15) is 9.59 Å². The predicted octanol–water partition coefficient (Wildman–Crippen LogP) is 3.64. The van der Waals surface area contributed by atoms with Crippen LogP contribution in [0.2, 0.25) is 0 Å². The van der Waals surface area contributed by atoms with E-state index in [0.717, 1.165) is 12.0 Å². The molecule has 0 radical (unpaired) electrons. The molecule has 22 heavy (non-hydrogen) atoms. The number of benzene rings is 2. The van der Waals surface area contributed by atoms with Gasteiger partial charge in [0, 0.05) is 11.1 Å². The van der Waals surface area contributed by atoms with Crippen LogP contribution in [-0.2, 0) is 6.42 Å². The summed E-state index contributed by atoms with van der Waals surface area (Å²) in [7, 11) is 0. The van der Waals surface area contributed by atoms with Crippen LogP contribution in [-0.4, -0.2) is 17.2 Å². The van der Waals surface area contributed by atoms with Gasteiger partial charge in [0.2, 0.25) is 0 Å². The van der Waals surface area contributed by atoms with Gasteiger partial charge in [0.25, 0.3) is 5.91 Å². The molecule has 0 aliphatic carbocycles. The van der Waals surface area contributed by atoms with Crippen molar-refractivity contribution in [3.8, 4) is 0 Å². The number of rotatable bonds is 5. The third kappa shape index (κ3) is 4.04. The maximum atomic E-state index is 12.5. The summed E-state index contributed by atoms with van der Waals surface area (Å²) >= 11 is 0. The highest BCUT2D eigenvalue weighted by molar-refractivity contribution is 6.07. The maximum absolute atomic E-state index is 12.5. The van der Waals surface area contributed by atoms with Crippen molar-refractivity contribution in [2.45, 2.75) is 32.7 Å². The summed E-state index contributed by atoms with van der Waals surface area (Å²) in [5.74, 6) is -0.321. The van der Waals surface area contributed by atoms with Gasteiger partial charge in [-0.05, 0) is 38.8 Å². The number of ketones is 1. The molecule has 2 rings (SSSR count). The molecule has 0 aromatic heterocycles. The molecule has 1 amide bonds. The van der Waals surface area contributed by atoms with E-state index in [1.54, 1.807) is 24.3 Å². The molecule has 0 bridgehead atoms. The minimum atomic E-state index is -0.400. The molecule has 0 spiro atoms. The molecule has 0 atom stereocenters. The molecule has 0 saturated heterocycles. The van der Waals surface area contributed by atoms with Crippen LogP contribution in [0.4, 0.5) is 0 Å². The van der Waals surface area contributed by atoms with Gasteiger partial charge in [-0.2, -0.15) is 0 Å². The lowest BCUT2D eigenvalue weighted by Crippen LogP contribution is -2.45. The zero-order valence-electron chi connectivity index (χ0n) is 13.2. The fourth-order valence-electron chi connectivity index (χ4n) is 2.51. The summed E-state index contributed by atoms with van der Waals surface area (Å²) < 4.78 is 0. The molecule has 2 aromatic carbocycles. The van der Waals surface area contributed by atoms with Crippen molar-refractivity contribution < 1.29 is 9.59 Å². The lowest BCUT2D eigenvalue weighted by Gasteiger charge is -2.27. The van der Waals surface area contributed by atoms with Gasteiger partial charge in [0.15, 0.2) is 5.78 Å². The molecule has 1 N–H and O–H groups in total. The Balaban J connectivity index is 2.16. The average molecular weight is 295 g/mol. The highest BCUT2D eigenvalue weighted by atomic mass is 16.2. The van der Waals surface area contributed by atoms with Crippen LogP contribution in [0, 0.1) is 0 Å². The van der Waals surface area contributed by atoms with Crippen molar-refractivity contribution >= 4 is 11.7 Å². The molecule has 114 valence electrons. The topological polar surface area (TPSA) is 46.2 Å². The van der Waals surface area contributed by atoms with Gasteiger partial charge in [-0.3, -0.25) is 9.59 Å². The number of carbonyl (C=O) groups excluding carboxylic acids is 2. The van der Waals surface area contributed by atoms with Gasteiger partial charge in [0.1, 0.15) is 0 Å². The van der Waals surface area contributed by atoms with Crippen molar-refractivity contribution in [2.75, 3.05) is 0 Å². The quantitative estimate of drug-likeness (QED) is 0.856. The van der Waals surface area contributed by atoms with Gasteiger partial charge < -0.3 is 5.32 Å². The maximum Gasteiger partial charge on any atom is 0.252 e. The Morgan fingerprint density at radius 1 is 0.909 bits per heavy atom. The molecule has 0 aliphatic rings. The number of Topliss-reactive ketones (excluding diaryl/α,β-unsaturated/α-hetero) is 1. The molecule has 2 aromatic rings. The third-order valence-corrected chi connectivity index (χ3v) is 3.49. The van der Waals surface area contributed by atoms with E-state index in [1.807, 2.05) is 44.2 Å². The van der Waals surface area contributed by atoms with Crippen LogP contribution >= 0.6 is 0 Å². The lowest BCUT2D eigenvalue weighted by atomic mass is 9.94. The zero-order valence-corrected chi connectivity index (χ0v) is 13.2. The average Bonchev–Trinajstić information content (AvgIpc) is 2.47. The van der Waals surface area contributed by atoms with Gasteiger partial charge in [-0.25, -0.2) is 0 Å².